The number of fused-ring (bicyclic) bond motifs is 1. The van der Waals surface area contributed by atoms with Crippen molar-refractivity contribution in [2.75, 3.05) is 18.1 Å². The van der Waals surface area contributed by atoms with Crippen molar-refractivity contribution in [3.8, 4) is 5.75 Å². The summed E-state index contributed by atoms with van der Waals surface area (Å²) in [6.07, 6.45) is -0.515. The Bertz CT molecular complexity index is 537. The maximum absolute atomic E-state index is 9.88. The van der Waals surface area contributed by atoms with Crippen molar-refractivity contribution in [2.24, 2.45) is 0 Å². The molecule has 3 heteroatoms. The molecule has 2 aromatic rings. The third-order valence-electron chi connectivity index (χ3n) is 3.04. The zero-order valence-electron chi connectivity index (χ0n) is 11.4. The minimum absolute atomic E-state index is 0.515. The fourth-order valence-corrected chi connectivity index (χ4v) is 2.59. The summed E-state index contributed by atoms with van der Waals surface area (Å²) in [5.74, 6) is 2.89. The Morgan fingerprint density at radius 1 is 1.21 bits per heavy atom. The predicted molar refractivity (Wildman–Crippen MR) is 83.1 cm³/mol. The summed E-state index contributed by atoms with van der Waals surface area (Å²) >= 11 is 1.86. The summed E-state index contributed by atoms with van der Waals surface area (Å²) < 4.78 is 5.93. The molecule has 0 amide bonds. The van der Waals surface area contributed by atoms with Gasteiger partial charge in [-0.05, 0) is 18.1 Å². The Morgan fingerprint density at radius 2 is 2.00 bits per heavy atom. The van der Waals surface area contributed by atoms with Crippen molar-refractivity contribution in [2.45, 2.75) is 20.0 Å². The van der Waals surface area contributed by atoms with Crippen LogP contribution < -0.4 is 4.74 Å². The molecule has 19 heavy (non-hydrogen) atoms. The maximum Gasteiger partial charge on any atom is 0.132 e. The number of aliphatic hydroxyl groups is 1. The molecule has 2 rings (SSSR count). The van der Waals surface area contributed by atoms with Gasteiger partial charge >= 0.3 is 0 Å². The maximum atomic E-state index is 9.88. The summed E-state index contributed by atoms with van der Waals surface area (Å²) in [4.78, 5) is 0. The number of aliphatic hydroxyl groups excluding tert-OH is 1. The SMILES string of the molecule is CCSCCOc1c([C@@H](C)O)ccc2ccccc12. The molecular weight excluding hydrogens is 256 g/mol. The number of hydrogen-bond acceptors (Lipinski definition) is 3. The highest BCUT2D eigenvalue weighted by atomic mass is 32.2. The van der Waals surface area contributed by atoms with Crippen LogP contribution in [0.4, 0.5) is 0 Å². The van der Waals surface area contributed by atoms with E-state index in [0.717, 1.165) is 33.6 Å². The van der Waals surface area contributed by atoms with Crippen LogP contribution in [0.5, 0.6) is 5.75 Å². The molecule has 0 aromatic heterocycles. The van der Waals surface area contributed by atoms with Crippen LogP contribution in [-0.4, -0.2) is 23.2 Å². The van der Waals surface area contributed by atoms with Crippen LogP contribution in [0.15, 0.2) is 36.4 Å². The van der Waals surface area contributed by atoms with E-state index in [-0.39, 0.29) is 0 Å². The lowest BCUT2D eigenvalue weighted by atomic mass is 10.0. The summed E-state index contributed by atoms with van der Waals surface area (Å²) in [5, 5.41) is 12.1. The number of benzene rings is 2. The summed E-state index contributed by atoms with van der Waals surface area (Å²) in [5.41, 5.74) is 0.861. The molecule has 0 radical (unpaired) electrons. The largest absolute Gasteiger partial charge is 0.492 e. The second-order valence-corrected chi connectivity index (χ2v) is 5.82. The van der Waals surface area contributed by atoms with E-state index < -0.39 is 6.10 Å². The van der Waals surface area contributed by atoms with E-state index in [1.807, 2.05) is 42.1 Å². The van der Waals surface area contributed by atoms with Crippen LogP contribution in [0.1, 0.15) is 25.5 Å². The topological polar surface area (TPSA) is 29.5 Å². The fraction of sp³-hybridized carbons (Fsp3) is 0.375. The molecule has 1 atom stereocenters. The van der Waals surface area contributed by atoms with Crippen molar-refractivity contribution >= 4 is 22.5 Å². The molecule has 0 aliphatic carbocycles. The zero-order valence-corrected chi connectivity index (χ0v) is 12.2. The molecule has 0 saturated heterocycles. The van der Waals surface area contributed by atoms with Gasteiger partial charge in [-0.2, -0.15) is 11.8 Å². The van der Waals surface area contributed by atoms with Gasteiger partial charge in [0.1, 0.15) is 5.75 Å². The van der Waals surface area contributed by atoms with E-state index in [9.17, 15) is 5.11 Å². The molecule has 0 spiro atoms. The average Bonchev–Trinajstić information content (AvgIpc) is 2.43. The minimum Gasteiger partial charge on any atom is -0.492 e. The third-order valence-corrected chi connectivity index (χ3v) is 3.90. The first-order valence-corrected chi connectivity index (χ1v) is 7.79. The summed E-state index contributed by atoms with van der Waals surface area (Å²) in [6.45, 7) is 4.59. The molecule has 1 N–H and O–H groups in total. The van der Waals surface area contributed by atoms with Crippen LogP contribution >= 0.6 is 11.8 Å². The van der Waals surface area contributed by atoms with Crippen LogP contribution in [0.3, 0.4) is 0 Å². The zero-order chi connectivity index (χ0) is 13.7. The normalized spacial score (nSPS) is 12.6. The molecule has 2 nitrogen and oxygen atoms in total. The van der Waals surface area contributed by atoms with Gasteiger partial charge in [-0.15, -0.1) is 0 Å². The highest BCUT2D eigenvalue weighted by Gasteiger charge is 2.12. The molecular formula is C16H20O2S. The van der Waals surface area contributed by atoms with Gasteiger partial charge in [-0.3, -0.25) is 0 Å². The Balaban J connectivity index is 2.33. The molecule has 0 aliphatic rings. The van der Waals surface area contributed by atoms with E-state index in [2.05, 4.69) is 13.0 Å². The van der Waals surface area contributed by atoms with E-state index in [4.69, 9.17) is 4.74 Å². The lowest BCUT2D eigenvalue weighted by Gasteiger charge is -2.16. The lowest BCUT2D eigenvalue weighted by Crippen LogP contribution is -2.05. The smallest absolute Gasteiger partial charge is 0.132 e. The van der Waals surface area contributed by atoms with Crippen molar-refractivity contribution in [3.63, 3.8) is 0 Å². The number of hydrogen-bond donors (Lipinski definition) is 1. The predicted octanol–water partition coefficient (Wildman–Crippen LogP) is 4.03. The average molecular weight is 276 g/mol. The Labute approximate surface area is 118 Å². The van der Waals surface area contributed by atoms with Gasteiger partial charge < -0.3 is 9.84 Å². The van der Waals surface area contributed by atoms with Gasteiger partial charge in [0.2, 0.25) is 0 Å². The van der Waals surface area contributed by atoms with Crippen LogP contribution in [0, 0.1) is 0 Å². The van der Waals surface area contributed by atoms with Gasteiger partial charge in [0.05, 0.1) is 12.7 Å². The van der Waals surface area contributed by atoms with Crippen molar-refractivity contribution in [1.29, 1.82) is 0 Å². The Morgan fingerprint density at radius 3 is 2.74 bits per heavy atom. The number of rotatable bonds is 6. The fourth-order valence-electron chi connectivity index (χ4n) is 2.10. The first kappa shape index (κ1) is 14.2. The second-order valence-electron chi connectivity index (χ2n) is 4.43. The van der Waals surface area contributed by atoms with E-state index in [1.54, 1.807) is 6.92 Å². The third kappa shape index (κ3) is 3.43. The molecule has 102 valence electrons. The number of thioether (sulfide) groups is 1. The first-order valence-electron chi connectivity index (χ1n) is 6.64. The van der Waals surface area contributed by atoms with Gasteiger partial charge in [-0.1, -0.05) is 43.3 Å². The number of ether oxygens (including phenoxy) is 1. The second kappa shape index (κ2) is 6.83. The molecule has 0 heterocycles. The van der Waals surface area contributed by atoms with Crippen molar-refractivity contribution < 1.29 is 9.84 Å². The van der Waals surface area contributed by atoms with Crippen LogP contribution in [0.2, 0.25) is 0 Å². The molecule has 0 saturated carbocycles. The lowest BCUT2D eigenvalue weighted by molar-refractivity contribution is 0.193. The van der Waals surface area contributed by atoms with E-state index >= 15 is 0 Å². The summed E-state index contributed by atoms with van der Waals surface area (Å²) in [6, 6.07) is 12.1. The van der Waals surface area contributed by atoms with Crippen LogP contribution in [0.25, 0.3) is 10.8 Å². The van der Waals surface area contributed by atoms with Gasteiger partial charge in [-0.25, -0.2) is 0 Å². The highest BCUT2D eigenvalue weighted by Crippen LogP contribution is 2.33. The standard InChI is InChI=1S/C16H20O2S/c1-3-19-11-10-18-16-14(12(2)17)9-8-13-6-4-5-7-15(13)16/h4-9,12,17H,3,10-11H2,1-2H3/t12-/m1/s1. The highest BCUT2D eigenvalue weighted by molar-refractivity contribution is 7.99. The molecule has 0 bridgehead atoms. The van der Waals surface area contributed by atoms with E-state index in [1.165, 1.54) is 0 Å². The van der Waals surface area contributed by atoms with Gasteiger partial charge in [0.15, 0.2) is 0 Å². The Kier molecular flexibility index (Phi) is 5.11. The van der Waals surface area contributed by atoms with E-state index in [0.29, 0.717) is 6.61 Å². The van der Waals surface area contributed by atoms with Crippen molar-refractivity contribution in [1.82, 2.24) is 0 Å². The van der Waals surface area contributed by atoms with Gasteiger partial charge in [0, 0.05) is 16.7 Å². The van der Waals surface area contributed by atoms with Crippen molar-refractivity contribution in [3.05, 3.63) is 42.0 Å². The monoisotopic (exact) mass is 276 g/mol. The first-order chi connectivity index (χ1) is 9.24. The molecule has 0 fully saturated rings. The Hall–Kier alpha value is -1.19. The molecule has 0 aliphatic heterocycles. The van der Waals surface area contributed by atoms with Gasteiger partial charge in [0.25, 0.3) is 0 Å². The van der Waals surface area contributed by atoms with Crippen LogP contribution in [-0.2, 0) is 0 Å². The summed E-state index contributed by atoms with van der Waals surface area (Å²) in [7, 11) is 0. The quantitative estimate of drug-likeness (QED) is 0.808. The minimum atomic E-state index is -0.515. The molecule has 0 unspecified atom stereocenters. The molecule has 2 aromatic carbocycles.